The predicted molar refractivity (Wildman–Crippen MR) is 145 cm³/mol. The molecule has 0 fully saturated rings. The maximum absolute atomic E-state index is 13.4. The minimum Gasteiger partial charge on any atom is -0.385 e. The second kappa shape index (κ2) is 17.9. The van der Waals surface area contributed by atoms with Crippen LogP contribution in [-0.4, -0.2) is 79.1 Å². The Bertz CT molecular complexity index is 677. The molecule has 9 heteroatoms. The quantitative estimate of drug-likeness (QED) is 0.207. The number of carbonyl (C=O) groups is 2. The number of hydrogen-bond acceptors (Lipinski definition) is 7. The third kappa shape index (κ3) is 15.4. The number of carbonyl (C=O) groups excluding carboxylic acids is 2. The molecule has 0 aromatic heterocycles. The van der Waals surface area contributed by atoms with Crippen LogP contribution in [0.5, 0.6) is 0 Å². The Morgan fingerprint density at radius 1 is 0.771 bits per heavy atom. The van der Waals surface area contributed by atoms with E-state index in [1.165, 1.54) is 52.2 Å². The summed E-state index contributed by atoms with van der Waals surface area (Å²) in [5, 5.41) is 10.3. The molecule has 208 valence electrons. The Labute approximate surface area is 218 Å². The van der Waals surface area contributed by atoms with E-state index < -0.39 is 50.8 Å². The van der Waals surface area contributed by atoms with Crippen molar-refractivity contribution in [2.24, 2.45) is 0 Å². The lowest BCUT2D eigenvalue weighted by Gasteiger charge is -2.34. The van der Waals surface area contributed by atoms with Crippen molar-refractivity contribution in [1.29, 1.82) is 0 Å². The van der Waals surface area contributed by atoms with E-state index in [9.17, 15) is 23.1 Å². The molecule has 0 amide bonds. The maximum atomic E-state index is 13.4. The predicted octanol–water partition coefficient (Wildman–Crippen LogP) is 4.12. The molecule has 0 rings (SSSR count). The number of aliphatic hydroxyl groups excluding tert-OH is 1. The highest BCUT2D eigenvalue weighted by atomic mass is 32.2. The monoisotopic (exact) mass is 538 g/mol. The summed E-state index contributed by atoms with van der Waals surface area (Å²) in [6.45, 7) is 9.07. The van der Waals surface area contributed by atoms with Crippen LogP contribution in [0.3, 0.4) is 0 Å². The molecule has 0 spiro atoms. The summed E-state index contributed by atoms with van der Waals surface area (Å²) >= 11 is 0. The van der Waals surface area contributed by atoms with Crippen LogP contribution in [0.15, 0.2) is 0 Å². The van der Waals surface area contributed by atoms with Gasteiger partial charge in [0.1, 0.15) is 23.4 Å². The smallest absolute Gasteiger partial charge is 0.192 e. The lowest BCUT2D eigenvalue weighted by Crippen LogP contribution is -2.51. The number of unbranched alkanes of at least 4 members (excludes halogenated alkanes) is 7. The fourth-order valence-electron chi connectivity index (χ4n) is 3.76. The van der Waals surface area contributed by atoms with Gasteiger partial charge >= 0.3 is 0 Å². The van der Waals surface area contributed by atoms with Gasteiger partial charge in [-0.05, 0) is 47.0 Å². The first-order chi connectivity index (χ1) is 16.2. The molecule has 0 aliphatic carbocycles. The first-order valence-electron chi connectivity index (χ1n) is 12.9. The van der Waals surface area contributed by atoms with E-state index in [-0.39, 0.29) is 30.1 Å². The number of aliphatic hydroxyl groups is 1. The summed E-state index contributed by atoms with van der Waals surface area (Å²) in [4.78, 5) is 26.2. The molecule has 0 bridgehead atoms. The molecule has 0 aliphatic rings. The molecule has 4 unspecified atom stereocenters. The second-order valence-corrected chi connectivity index (χ2v) is 13.4. The normalized spacial score (nSPS) is 16.0. The third-order valence-electron chi connectivity index (χ3n) is 6.03. The van der Waals surface area contributed by atoms with Crippen molar-refractivity contribution in [1.82, 2.24) is 0 Å². The van der Waals surface area contributed by atoms with Crippen molar-refractivity contribution in [3.05, 3.63) is 0 Å². The molecule has 0 saturated carbocycles. The molecule has 0 radical (unpaired) electrons. The topological polar surface area (TPSA) is 107 Å². The third-order valence-corrected chi connectivity index (χ3v) is 7.65. The van der Waals surface area contributed by atoms with Crippen LogP contribution in [0.2, 0.25) is 0 Å². The average molecular weight is 539 g/mol. The zero-order valence-electron chi connectivity index (χ0n) is 23.1. The van der Waals surface area contributed by atoms with Crippen molar-refractivity contribution in [2.75, 3.05) is 30.6 Å². The highest BCUT2D eigenvalue weighted by Gasteiger charge is 2.42. The van der Waals surface area contributed by atoms with E-state index in [0.717, 1.165) is 19.3 Å². The van der Waals surface area contributed by atoms with Crippen molar-refractivity contribution in [3.8, 4) is 0 Å². The average Bonchev–Trinajstić information content (AvgIpc) is 2.77. The molecule has 4 atom stereocenters. The minimum absolute atomic E-state index is 0.0551. The lowest BCUT2D eigenvalue weighted by atomic mass is 9.93. The highest BCUT2D eigenvalue weighted by molar-refractivity contribution is 7.84. The summed E-state index contributed by atoms with van der Waals surface area (Å²) in [6.07, 6.45) is 10.3. The van der Waals surface area contributed by atoms with E-state index >= 15 is 0 Å². The van der Waals surface area contributed by atoms with E-state index in [1.54, 1.807) is 20.1 Å². The number of hydrogen-bond donors (Lipinski definition) is 1. The fraction of sp³-hybridized carbons (Fsp3) is 0.923. The van der Waals surface area contributed by atoms with E-state index in [0.29, 0.717) is 6.61 Å². The van der Waals surface area contributed by atoms with Crippen molar-refractivity contribution in [3.63, 3.8) is 0 Å². The molecular formula is C26H50O7S2. The SMILES string of the molecule is CCCCCCCCCCOC(C)(C)C(=O)C(CCS(C)=O)OC(C)(C)C(=O)C(O)CCS(C)=O. The first kappa shape index (κ1) is 34.5. The van der Waals surface area contributed by atoms with Gasteiger partial charge in [-0.2, -0.15) is 0 Å². The Morgan fingerprint density at radius 2 is 1.26 bits per heavy atom. The van der Waals surface area contributed by atoms with Crippen LogP contribution >= 0.6 is 0 Å². The first-order valence-corrected chi connectivity index (χ1v) is 16.4. The Balaban J connectivity index is 5.01. The number of ether oxygens (including phenoxy) is 2. The zero-order valence-corrected chi connectivity index (χ0v) is 24.7. The molecule has 0 aromatic carbocycles. The van der Waals surface area contributed by atoms with Crippen molar-refractivity contribution >= 4 is 33.2 Å². The molecule has 0 heterocycles. The Morgan fingerprint density at radius 3 is 1.77 bits per heavy atom. The van der Waals surface area contributed by atoms with E-state index in [2.05, 4.69) is 6.92 Å². The van der Waals surface area contributed by atoms with Crippen molar-refractivity contribution in [2.45, 2.75) is 122 Å². The van der Waals surface area contributed by atoms with Crippen LogP contribution in [0.1, 0.15) is 98.8 Å². The van der Waals surface area contributed by atoms with Crippen LogP contribution in [-0.2, 0) is 40.7 Å². The van der Waals surface area contributed by atoms with Crippen molar-refractivity contribution < 1.29 is 32.6 Å². The molecule has 0 aliphatic heterocycles. The zero-order chi connectivity index (χ0) is 27.1. The Hall–Kier alpha value is -0.480. The number of rotatable bonds is 22. The summed E-state index contributed by atoms with van der Waals surface area (Å²) in [6, 6.07) is 0. The number of Topliss-reactive ketones (excluding diaryl/α,β-unsaturated/α-hetero) is 2. The van der Waals surface area contributed by atoms with Crippen LogP contribution < -0.4 is 0 Å². The molecule has 35 heavy (non-hydrogen) atoms. The van der Waals surface area contributed by atoms with E-state index in [4.69, 9.17) is 9.47 Å². The van der Waals surface area contributed by atoms with Gasteiger partial charge in [0.25, 0.3) is 0 Å². The second-order valence-electron chi connectivity index (χ2n) is 10.3. The largest absolute Gasteiger partial charge is 0.385 e. The summed E-state index contributed by atoms with van der Waals surface area (Å²) in [7, 11) is -2.27. The summed E-state index contributed by atoms with van der Waals surface area (Å²) in [5.74, 6) is -0.449. The van der Waals surface area contributed by atoms with Crippen LogP contribution in [0.25, 0.3) is 0 Å². The maximum Gasteiger partial charge on any atom is 0.192 e. The van der Waals surface area contributed by atoms with Gasteiger partial charge in [-0.1, -0.05) is 51.9 Å². The van der Waals surface area contributed by atoms with Gasteiger partial charge in [0, 0.05) is 52.2 Å². The molecule has 0 saturated heterocycles. The van der Waals surface area contributed by atoms with Gasteiger partial charge < -0.3 is 14.6 Å². The van der Waals surface area contributed by atoms with Crippen LogP contribution in [0.4, 0.5) is 0 Å². The minimum atomic E-state index is -1.45. The molecule has 1 N–H and O–H groups in total. The lowest BCUT2D eigenvalue weighted by molar-refractivity contribution is -0.171. The van der Waals surface area contributed by atoms with E-state index in [1.807, 2.05) is 0 Å². The molecular weight excluding hydrogens is 488 g/mol. The summed E-state index contributed by atoms with van der Waals surface area (Å²) in [5.41, 5.74) is -2.57. The fourth-order valence-corrected chi connectivity index (χ4v) is 4.86. The van der Waals surface area contributed by atoms with Crippen LogP contribution in [0, 0.1) is 0 Å². The standard InChI is InChI=1S/C26H50O7S2/c1-8-9-10-11-12-13-14-15-18-32-25(2,3)24(29)22(17-20-35(7)31)33-26(4,5)23(28)21(27)16-19-34(6)30/h21-22,27H,8-20H2,1-7H3. The van der Waals surface area contributed by atoms with Gasteiger partial charge in [-0.3, -0.25) is 18.0 Å². The number of ketones is 2. The van der Waals surface area contributed by atoms with Gasteiger partial charge in [-0.25, -0.2) is 0 Å². The molecule has 0 aromatic rings. The Kier molecular flexibility index (Phi) is 17.6. The molecule has 7 nitrogen and oxygen atoms in total. The van der Waals surface area contributed by atoms with Gasteiger partial charge in [0.05, 0.1) is 0 Å². The van der Waals surface area contributed by atoms with Gasteiger partial charge in [0.2, 0.25) is 0 Å². The summed E-state index contributed by atoms with van der Waals surface area (Å²) < 4.78 is 34.9. The van der Waals surface area contributed by atoms with Gasteiger partial charge in [0.15, 0.2) is 11.6 Å². The van der Waals surface area contributed by atoms with Gasteiger partial charge in [-0.15, -0.1) is 0 Å². The highest BCUT2D eigenvalue weighted by Crippen LogP contribution is 2.24.